The van der Waals surface area contributed by atoms with Crippen molar-refractivity contribution in [2.24, 2.45) is 5.92 Å². The zero-order valence-corrected chi connectivity index (χ0v) is 14.2. The number of benzene rings is 1. The highest BCUT2D eigenvalue weighted by Crippen LogP contribution is 2.29. The fraction of sp³-hybridized carbons (Fsp3) is 0.474. The van der Waals surface area contributed by atoms with Gasteiger partial charge in [-0.3, -0.25) is 0 Å². The van der Waals surface area contributed by atoms with Gasteiger partial charge < -0.3 is 14.2 Å². The second kappa shape index (κ2) is 8.97. The normalized spacial score (nSPS) is 20.4. The van der Waals surface area contributed by atoms with Crippen LogP contribution in [0.5, 0.6) is 11.5 Å². The van der Waals surface area contributed by atoms with E-state index in [0.717, 1.165) is 24.8 Å². The van der Waals surface area contributed by atoms with Gasteiger partial charge in [0, 0.05) is 6.08 Å². The van der Waals surface area contributed by atoms with Crippen LogP contribution in [-0.2, 0) is 9.53 Å². The van der Waals surface area contributed by atoms with Crippen LogP contribution in [0.4, 0.5) is 0 Å². The van der Waals surface area contributed by atoms with E-state index in [1.807, 2.05) is 6.07 Å². The monoisotopic (exact) mass is 329 g/mol. The molecule has 1 saturated carbocycles. The Bertz CT molecular complexity index is 633. The lowest BCUT2D eigenvalue weighted by molar-refractivity contribution is -0.144. The van der Waals surface area contributed by atoms with Crippen molar-refractivity contribution >= 4 is 12.0 Å². The lowest BCUT2D eigenvalue weighted by Gasteiger charge is -2.25. The standard InChI is InChI=1S/C19H23NO4/c1-14-4-3-5-16(12-14)24-19(21)9-7-15-6-8-17(23-11-10-20)18(13-15)22-2/h6-9,13-14,16H,3-5,11-12H2,1-2H3/b9-7+. The molecule has 0 amide bonds. The van der Waals surface area contributed by atoms with E-state index in [2.05, 4.69) is 6.92 Å². The van der Waals surface area contributed by atoms with Crippen molar-refractivity contribution < 1.29 is 19.0 Å². The number of methoxy groups -OCH3 is 1. The molecule has 2 rings (SSSR count). The lowest BCUT2D eigenvalue weighted by atomic mass is 9.89. The molecule has 0 N–H and O–H groups in total. The minimum atomic E-state index is -0.321. The number of hydrogen-bond acceptors (Lipinski definition) is 5. The van der Waals surface area contributed by atoms with Crippen molar-refractivity contribution in [1.29, 1.82) is 5.26 Å². The van der Waals surface area contributed by atoms with Gasteiger partial charge in [0.2, 0.25) is 0 Å². The van der Waals surface area contributed by atoms with Crippen LogP contribution >= 0.6 is 0 Å². The molecule has 5 nitrogen and oxygen atoms in total. The molecule has 1 aromatic carbocycles. The Balaban J connectivity index is 1.95. The first-order valence-corrected chi connectivity index (χ1v) is 8.19. The van der Waals surface area contributed by atoms with Crippen LogP contribution in [0.3, 0.4) is 0 Å². The molecule has 2 unspecified atom stereocenters. The number of nitriles is 1. The predicted octanol–water partition coefficient (Wildman–Crippen LogP) is 3.73. The molecule has 5 heteroatoms. The molecule has 1 aliphatic carbocycles. The Morgan fingerprint density at radius 2 is 2.21 bits per heavy atom. The molecule has 0 bridgehead atoms. The molecule has 0 aromatic heterocycles. The quantitative estimate of drug-likeness (QED) is 0.587. The summed E-state index contributed by atoms with van der Waals surface area (Å²) in [5.74, 6) is 1.31. The van der Waals surface area contributed by atoms with Crippen LogP contribution in [0.25, 0.3) is 6.08 Å². The van der Waals surface area contributed by atoms with E-state index >= 15 is 0 Å². The first kappa shape index (κ1) is 17.9. The van der Waals surface area contributed by atoms with Crippen molar-refractivity contribution in [1.82, 2.24) is 0 Å². The summed E-state index contributed by atoms with van der Waals surface area (Å²) in [4.78, 5) is 12.0. The van der Waals surface area contributed by atoms with Crippen LogP contribution < -0.4 is 9.47 Å². The molecule has 0 aliphatic heterocycles. The van der Waals surface area contributed by atoms with Crippen LogP contribution in [0.15, 0.2) is 24.3 Å². The highest BCUT2D eigenvalue weighted by atomic mass is 16.5. The predicted molar refractivity (Wildman–Crippen MR) is 90.6 cm³/mol. The van der Waals surface area contributed by atoms with Gasteiger partial charge in [-0.1, -0.05) is 19.4 Å². The van der Waals surface area contributed by atoms with Crippen LogP contribution in [0, 0.1) is 17.2 Å². The lowest BCUT2D eigenvalue weighted by Crippen LogP contribution is -2.23. The molecule has 1 aliphatic rings. The van der Waals surface area contributed by atoms with E-state index in [-0.39, 0.29) is 18.7 Å². The van der Waals surface area contributed by atoms with Gasteiger partial charge in [-0.05, 0) is 49.0 Å². The number of nitrogens with zero attached hydrogens (tertiary/aromatic N) is 1. The fourth-order valence-electron chi connectivity index (χ4n) is 2.87. The molecular weight excluding hydrogens is 306 g/mol. The van der Waals surface area contributed by atoms with E-state index in [9.17, 15) is 4.79 Å². The first-order valence-electron chi connectivity index (χ1n) is 8.19. The second-order valence-corrected chi connectivity index (χ2v) is 6.02. The average molecular weight is 329 g/mol. The maximum atomic E-state index is 12.0. The van der Waals surface area contributed by atoms with Crippen molar-refractivity contribution in [2.75, 3.05) is 13.7 Å². The summed E-state index contributed by atoms with van der Waals surface area (Å²) in [5, 5.41) is 8.56. The van der Waals surface area contributed by atoms with Crippen molar-refractivity contribution in [3.63, 3.8) is 0 Å². The van der Waals surface area contributed by atoms with Gasteiger partial charge in [0.1, 0.15) is 12.2 Å². The molecule has 128 valence electrons. The number of carbonyl (C=O) groups excluding carboxylic acids is 1. The van der Waals surface area contributed by atoms with Crippen LogP contribution in [0.2, 0.25) is 0 Å². The van der Waals surface area contributed by atoms with Gasteiger partial charge in [-0.2, -0.15) is 5.26 Å². The van der Waals surface area contributed by atoms with Gasteiger partial charge in [0.05, 0.1) is 7.11 Å². The summed E-state index contributed by atoms with van der Waals surface area (Å²) in [6.45, 7) is 2.15. The average Bonchev–Trinajstić information content (AvgIpc) is 2.58. The Morgan fingerprint density at radius 3 is 2.92 bits per heavy atom. The maximum absolute atomic E-state index is 12.0. The summed E-state index contributed by atoms with van der Waals surface area (Å²) in [7, 11) is 1.53. The smallest absolute Gasteiger partial charge is 0.331 e. The Hall–Kier alpha value is -2.48. The molecule has 0 saturated heterocycles. The number of esters is 1. The molecular formula is C19H23NO4. The molecule has 0 spiro atoms. The number of hydrogen-bond donors (Lipinski definition) is 0. The highest BCUT2D eigenvalue weighted by molar-refractivity contribution is 5.87. The molecule has 1 aromatic rings. The largest absolute Gasteiger partial charge is 0.493 e. The second-order valence-electron chi connectivity index (χ2n) is 6.02. The zero-order valence-electron chi connectivity index (χ0n) is 14.2. The van der Waals surface area contributed by atoms with Crippen molar-refractivity contribution in [2.45, 2.75) is 38.7 Å². The van der Waals surface area contributed by atoms with Crippen molar-refractivity contribution in [3.8, 4) is 17.6 Å². The third kappa shape index (κ3) is 5.31. The molecule has 2 atom stereocenters. The third-order valence-electron chi connectivity index (χ3n) is 4.06. The Morgan fingerprint density at radius 1 is 1.38 bits per heavy atom. The number of rotatable bonds is 6. The summed E-state index contributed by atoms with van der Waals surface area (Å²) in [6, 6.07) is 7.17. The molecule has 0 heterocycles. The molecule has 0 radical (unpaired) electrons. The fourth-order valence-corrected chi connectivity index (χ4v) is 2.87. The van der Waals surface area contributed by atoms with Gasteiger partial charge in [-0.15, -0.1) is 0 Å². The van der Waals surface area contributed by atoms with Gasteiger partial charge >= 0.3 is 5.97 Å². The van der Waals surface area contributed by atoms with Crippen LogP contribution in [-0.4, -0.2) is 25.8 Å². The van der Waals surface area contributed by atoms with E-state index < -0.39 is 0 Å². The number of ether oxygens (including phenoxy) is 3. The maximum Gasteiger partial charge on any atom is 0.331 e. The topological polar surface area (TPSA) is 68.6 Å². The van der Waals surface area contributed by atoms with E-state index in [4.69, 9.17) is 19.5 Å². The first-order chi connectivity index (χ1) is 11.6. The van der Waals surface area contributed by atoms with E-state index in [0.29, 0.717) is 17.4 Å². The van der Waals surface area contributed by atoms with Gasteiger partial charge in [0.25, 0.3) is 0 Å². The molecule has 1 fully saturated rings. The minimum absolute atomic E-state index is 0.0298. The Labute approximate surface area is 142 Å². The summed E-state index contributed by atoms with van der Waals surface area (Å²) in [6.07, 6.45) is 7.37. The van der Waals surface area contributed by atoms with E-state index in [1.54, 1.807) is 24.3 Å². The van der Waals surface area contributed by atoms with Gasteiger partial charge in [-0.25, -0.2) is 4.79 Å². The minimum Gasteiger partial charge on any atom is -0.493 e. The SMILES string of the molecule is COc1cc(/C=C/C(=O)OC2CCCC(C)C2)ccc1OCC#N. The highest BCUT2D eigenvalue weighted by Gasteiger charge is 2.21. The zero-order chi connectivity index (χ0) is 17.4. The summed E-state index contributed by atoms with van der Waals surface area (Å²) < 4.78 is 16.0. The van der Waals surface area contributed by atoms with E-state index in [1.165, 1.54) is 19.6 Å². The number of carbonyl (C=O) groups is 1. The van der Waals surface area contributed by atoms with Crippen LogP contribution in [0.1, 0.15) is 38.2 Å². The van der Waals surface area contributed by atoms with Crippen molar-refractivity contribution in [3.05, 3.63) is 29.8 Å². The van der Waals surface area contributed by atoms with Gasteiger partial charge in [0.15, 0.2) is 18.1 Å². The summed E-state index contributed by atoms with van der Waals surface area (Å²) in [5.41, 5.74) is 0.796. The Kier molecular flexibility index (Phi) is 6.68. The summed E-state index contributed by atoms with van der Waals surface area (Å²) >= 11 is 0. The molecule has 24 heavy (non-hydrogen) atoms. The third-order valence-corrected chi connectivity index (χ3v) is 4.06.